The van der Waals surface area contributed by atoms with Crippen molar-refractivity contribution in [2.75, 3.05) is 20.2 Å². The number of nitrogens with zero attached hydrogens (tertiary/aromatic N) is 2. The van der Waals surface area contributed by atoms with Crippen molar-refractivity contribution in [1.82, 2.24) is 9.88 Å². The molecule has 26 heavy (non-hydrogen) atoms. The molecule has 1 amide bonds. The lowest BCUT2D eigenvalue weighted by Gasteiger charge is -2.16. The normalized spacial score (nSPS) is 19.6. The van der Waals surface area contributed by atoms with Gasteiger partial charge < -0.3 is 14.7 Å². The molecule has 7 heteroatoms. The third-order valence-corrected chi connectivity index (χ3v) is 6.07. The number of benzene rings is 1. The van der Waals surface area contributed by atoms with Crippen LogP contribution in [-0.2, 0) is 11.2 Å². The summed E-state index contributed by atoms with van der Waals surface area (Å²) in [6.45, 7) is 4.41. The van der Waals surface area contributed by atoms with E-state index in [0.717, 1.165) is 17.0 Å². The first-order valence-corrected chi connectivity index (χ1v) is 9.38. The van der Waals surface area contributed by atoms with E-state index < -0.39 is 11.9 Å². The van der Waals surface area contributed by atoms with Gasteiger partial charge in [-0.1, -0.05) is 19.1 Å². The van der Waals surface area contributed by atoms with Gasteiger partial charge in [-0.25, -0.2) is 4.98 Å². The SMILES string of the molecule is CCc1nc(C)c(C(=O)N2C[C@@H](C(=O)O)[C@H](c3cccc(OC)c3)C2)s1. The Morgan fingerprint density at radius 1 is 1.38 bits per heavy atom. The second-order valence-corrected chi connectivity index (χ2v) is 7.50. The number of aliphatic carboxylic acids is 1. The summed E-state index contributed by atoms with van der Waals surface area (Å²) < 4.78 is 5.25. The molecule has 2 heterocycles. The highest BCUT2D eigenvalue weighted by Gasteiger charge is 2.41. The van der Waals surface area contributed by atoms with Gasteiger partial charge >= 0.3 is 5.97 Å². The molecule has 0 aliphatic carbocycles. The number of hydrogen-bond acceptors (Lipinski definition) is 5. The molecule has 1 saturated heterocycles. The van der Waals surface area contributed by atoms with Gasteiger partial charge in [0.2, 0.25) is 0 Å². The minimum atomic E-state index is -0.886. The Morgan fingerprint density at radius 3 is 2.77 bits per heavy atom. The molecule has 1 N–H and O–H groups in total. The maximum Gasteiger partial charge on any atom is 0.308 e. The van der Waals surface area contributed by atoms with Gasteiger partial charge in [0.1, 0.15) is 10.6 Å². The summed E-state index contributed by atoms with van der Waals surface area (Å²) in [4.78, 5) is 31.4. The van der Waals surface area contributed by atoms with Gasteiger partial charge in [0.25, 0.3) is 5.91 Å². The highest BCUT2D eigenvalue weighted by atomic mass is 32.1. The van der Waals surface area contributed by atoms with Crippen molar-refractivity contribution in [3.8, 4) is 5.75 Å². The Morgan fingerprint density at radius 2 is 2.15 bits per heavy atom. The summed E-state index contributed by atoms with van der Waals surface area (Å²) in [7, 11) is 1.58. The van der Waals surface area contributed by atoms with Crippen LogP contribution in [0.2, 0.25) is 0 Å². The van der Waals surface area contributed by atoms with Crippen LogP contribution in [0.15, 0.2) is 24.3 Å². The molecule has 0 spiro atoms. The highest BCUT2D eigenvalue weighted by molar-refractivity contribution is 7.13. The van der Waals surface area contributed by atoms with Crippen LogP contribution in [-0.4, -0.2) is 47.1 Å². The van der Waals surface area contributed by atoms with Gasteiger partial charge in [0, 0.05) is 19.0 Å². The summed E-state index contributed by atoms with van der Waals surface area (Å²) in [5.41, 5.74) is 1.59. The molecular formula is C19H22N2O4S. The number of carboxylic acid groups (broad SMARTS) is 1. The van der Waals surface area contributed by atoms with Crippen molar-refractivity contribution in [3.63, 3.8) is 0 Å². The van der Waals surface area contributed by atoms with E-state index in [9.17, 15) is 14.7 Å². The maximum absolute atomic E-state index is 12.9. The van der Waals surface area contributed by atoms with Crippen LogP contribution in [0.3, 0.4) is 0 Å². The predicted octanol–water partition coefficient (Wildman–Crippen LogP) is 2.96. The summed E-state index contributed by atoms with van der Waals surface area (Å²) >= 11 is 1.40. The zero-order valence-corrected chi connectivity index (χ0v) is 15.9. The third kappa shape index (κ3) is 3.44. The first kappa shape index (κ1) is 18.4. The van der Waals surface area contributed by atoms with E-state index in [0.29, 0.717) is 22.9 Å². The van der Waals surface area contributed by atoms with Crippen LogP contribution in [0.5, 0.6) is 5.75 Å². The quantitative estimate of drug-likeness (QED) is 0.870. The summed E-state index contributed by atoms with van der Waals surface area (Å²) in [5.74, 6) is -1.22. The van der Waals surface area contributed by atoms with E-state index >= 15 is 0 Å². The molecule has 3 rings (SSSR count). The lowest BCUT2D eigenvalue weighted by Crippen LogP contribution is -2.29. The lowest BCUT2D eigenvalue weighted by atomic mass is 9.89. The van der Waals surface area contributed by atoms with Crippen molar-refractivity contribution < 1.29 is 19.4 Å². The molecule has 2 aromatic rings. The van der Waals surface area contributed by atoms with Crippen LogP contribution in [0, 0.1) is 12.8 Å². The van der Waals surface area contributed by atoms with Crippen molar-refractivity contribution in [1.29, 1.82) is 0 Å². The number of likely N-dealkylation sites (tertiary alicyclic amines) is 1. The van der Waals surface area contributed by atoms with Crippen LogP contribution < -0.4 is 4.74 Å². The lowest BCUT2D eigenvalue weighted by molar-refractivity contribution is -0.141. The highest BCUT2D eigenvalue weighted by Crippen LogP contribution is 2.35. The Bertz CT molecular complexity index is 833. The molecule has 0 unspecified atom stereocenters. The number of thiazole rings is 1. The molecule has 1 aliphatic heterocycles. The average Bonchev–Trinajstić information content (AvgIpc) is 3.25. The topological polar surface area (TPSA) is 79.7 Å². The maximum atomic E-state index is 12.9. The zero-order valence-electron chi connectivity index (χ0n) is 15.1. The number of rotatable bonds is 5. The molecule has 2 atom stereocenters. The summed E-state index contributed by atoms with van der Waals surface area (Å²) in [6, 6.07) is 7.41. The molecule has 1 aromatic carbocycles. The molecule has 6 nitrogen and oxygen atoms in total. The summed E-state index contributed by atoms with van der Waals surface area (Å²) in [6.07, 6.45) is 0.781. The van der Waals surface area contributed by atoms with E-state index in [4.69, 9.17) is 4.74 Å². The largest absolute Gasteiger partial charge is 0.497 e. The number of aryl methyl sites for hydroxylation is 2. The Balaban J connectivity index is 1.88. The Hall–Kier alpha value is -2.41. The van der Waals surface area contributed by atoms with Gasteiger partial charge in [0.15, 0.2) is 0 Å². The van der Waals surface area contributed by atoms with E-state index in [1.807, 2.05) is 38.1 Å². The second kappa shape index (κ2) is 7.45. The number of hydrogen-bond donors (Lipinski definition) is 1. The van der Waals surface area contributed by atoms with E-state index in [1.165, 1.54) is 11.3 Å². The van der Waals surface area contributed by atoms with Crippen LogP contribution >= 0.6 is 11.3 Å². The molecular weight excluding hydrogens is 352 g/mol. The third-order valence-electron chi connectivity index (χ3n) is 4.78. The second-order valence-electron chi connectivity index (χ2n) is 6.41. The Labute approximate surface area is 156 Å². The Kier molecular flexibility index (Phi) is 5.27. The first-order chi connectivity index (χ1) is 12.4. The van der Waals surface area contributed by atoms with Crippen LogP contribution in [0.25, 0.3) is 0 Å². The first-order valence-electron chi connectivity index (χ1n) is 8.56. The molecule has 1 aliphatic rings. The number of methoxy groups -OCH3 is 1. The van der Waals surface area contributed by atoms with Crippen molar-refractivity contribution in [3.05, 3.63) is 45.4 Å². The fraction of sp³-hybridized carbons (Fsp3) is 0.421. The summed E-state index contributed by atoms with van der Waals surface area (Å²) in [5, 5.41) is 10.6. The van der Waals surface area contributed by atoms with Gasteiger partial charge in [-0.2, -0.15) is 0 Å². The fourth-order valence-corrected chi connectivity index (χ4v) is 4.35. The number of carbonyl (C=O) groups is 2. The number of aromatic nitrogens is 1. The van der Waals surface area contributed by atoms with Gasteiger partial charge in [0.05, 0.1) is 23.7 Å². The molecule has 1 fully saturated rings. The van der Waals surface area contributed by atoms with E-state index in [-0.39, 0.29) is 18.4 Å². The monoisotopic (exact) mass is 374 g/mol. The molecule has 1 aromatic heterocycles. The van der Waals surface area contributed by atoms with Crippen molar-refractivity contribution >= 4 is 23.2 Å². The molecule has 138 valence electrons. The zero-order chi connectivity index (χ0) is 18.8. The minimum Gasteiger partial charge on any atom is -0.497 e. The van der Waals surface area contributed by atoms with Crippen LogP contribution in [0.4, 0.5) is 0 Å². The fourth-order valence-electron chi connectivity index (χ4n) is 3.38. The van der Waals surface area contributed by atoms with Crippen molar-refractivity contribution in [2.24, 2.45) is 5.92 Å². The number of carbonyl (C=O) groups excluding carboxylic acids is 1. The molecule has 0 bridgehead atoms. The van der Waals surface area contributed by atoms with Crippen LogP contribution in [0.1, 0.15) is 38.8 Å². The number of amides is 1. The number of ether oxygens (including phenoxy) is 1. The minimum absolute atomic E-state index is 0.128. The number of carboxylic acids is 1. The molecule has 0 radical (unpaired) electrons. The van der Waals surface area contributed by atoms with E-state index in [2.05, 4.69) is 4.98 Å². The van der Waals surface area contributed by atoms with E-state index in [1.54, 1.807) is 12.0 Å². The average molecular weight is 374 g/mol. The van der Waals surface area contributed by atoms with Crippen molar-refractivity contribution in [2.45, 2.75) is 26.2 Å². The predicted molar refractivity (Wildman–Crippen MR) is 99.0 cm³/mol. The standard InChI is InChI=1S/C19H22N2O4S/c1-4-16-20-11(2)17(26-16)18(22)21-9-14(15(10-21)19(23)24)12-6-5-7-13(8-12)25-3/h5-8,14-15H,4,9-10H2,1-3H3,(H,23,24)/t14-,15+/m0/s1. The van der Waals surface area contributed by atoms with Gasteiger partial charge in [-0.15, -0.1) is 11.3 Å². The molecule has 0 saturated carbocycles. The van der Waals surface area contributed by atoms with Gasteiger partial charge in [-0.05, 0) is 31.0 Å². The smallest absolute Gasteiger partial charge is 0.308 e. The van der Waals surface area contributed by atoms with Gasteiger partial charge in [-0.3, -0.25) is 9.59 Å².